The lowest BCUT2D eigenvalue weighted by molar-refractivity contribution is -0.125. The predicted molar refractivity (Wildman–Crippen MR) is 81.0 cm³/mol. The summed E-state index contributed by atoms with van der Waals surface area (Å²) >= 11 is 5.04. The number of rotatable bonds is 4. The Balaban J connectivity index is 1.94. The monoisotopic (exact) mass is 339 g/mol. The smallest absolute Gasteiger partial charge is 0.246 e. The first-order valence-electron chi connectivity index (χ1n) is 5.78. The molecule has 0 spiro atoms. The van der Waals surface area contributed by atoms with Crippen LogP contribution in [0.4, 0.5) is 0 Å². The van der Waals surface area contributed by atoms with Gasteiger partial charge >= 0.3 is 0 Å². The molecule has 0 bridgehead atoms. The van der Waals surface area contributed by atoms with Crippen molar-refractivity contribution >= 4 is 39.2 Å². The Morgan fingerprint density at radius 2 is 2.21 bits per heavy atom. The van der Waals surface area contributed by atoms with Gasteiger partial charge in [-0.3, -0.25) is 4.79 Å². The van der Waals surface area contributed by atoms with Crippen molar-refractivity contribution in [2.24, 2.45) is 0 Å². The van der Waals surface area contributed by atoms with Crippen LogP contribution in [-0.4, -0.2) is 17.9 Å². The van der Waals surface area contributed by atoms with Gasteiger partial charge in [-0.15, -0.1) is 11.3 Å². The molecule has 2 aromatic rings. The van der Waals surface area contributed by atoms with Gasteiger partial charge in [-0.2, -0.15) is 0 Å². The number of furan rings is 1. The number of likely N-dealkylation sites (N-methyl/N-ethyl adjacent to an activating group) is 1. The summed E-state index contributed by atoms with van der Waals surface area (Å²) in [6.07, 6.45) is 3.22. The fourth-order valence-electron chi connectivity index (χ4n) is 1.57. The van der Waals surface area contributed by atoms with E-state index >= 15 is 0 Å². The molecule has 0 aromatic carbocycles. The van der Waals surface area contributed by atoms with Crippen LogP contribution < -0.4 is 0 Å². The number of halogens is 1. The number of amides is 1. The molecule has 0 saturated heterocycles. The van der Waals surface area contributed by atoms with Gasteiger partial charge in [0.2, 0.25) is 5.91 Å². The maximum atomic E-state index is 11.9. The summed E-state index contributed by atoms with van der Waals surface area (Å²) in [5.41, 5.74) is 0. The van der Waals surface area contributed by atoms with Gasteiger partial charge in [-0.25, -0.2) is 0 Å². The van der Waals surface area contributed by atoms with E-state index in [1.165, 1.54) is 6.08 Å². The van der Waals surface area contributed by atoms with Crippen LogP contribution >= 0.6 is 27.3 Å². The molecule has 0 aliphatic rings. The molecule has 1 amide bonds. The average molecular weight is 340 g/mol. The molecule has 0 radical (unpaired) electrons. The standard InChI is InChI=1S/C14H14BrNO2S/c1-10-3-4-11(18-10)5-8-14(17)16(2)9-12-6-7-13(15)19-12/h3-8H,9H2,1-2H3/b8-5+. The zero-order chi connectivity index (χ0) is 13.8. The second-order valence-electron chi connectivity index (χ2n) is 4.18. The summed E-state index contributed by atoms with van der Waals surface area (Å²) in [6.45, 7) is 2.48. The van der Waals surface area contributed by atoms with Crippen molar-refractivity contribution in [3.8, 4) is 0 Å². The van der Waals surface area contributed by atoms with Gasteiger partial charge in [0.25, 0.3) is 0 Å². The molecule has 2 aromatic heterocycles. The van der Waals surface area contributed by atoms with E-state index in [2.05, 4.69) is 15.9 Å². The molecule has 0 unspecified atom stereocenters. The molecule has 0 aliphatic carbocycles. The van der Waals surface area contributed by atoms with Gasteiger partial charge in [-0.05, 0) is 53.2 Å². The lowest BCUT2D eigenvalue weighted by atomic mass is 10.3. The van der Waals surface area contributed by atoms with Crippen LogP contribution in [0.2, 0.25) is 0 Å². The van der Waals surface area contributed by atoms with Crippen molar-refractivity contribution in [2.75, 3.05) is 7.05 Å². The second-order valence-corrected chi connectivity index (χ2v) is 6.73. The van der Waals surface area contributed by atoms with E-state index < -0.39 is 0 Å². The van der Waals surface area contributed by atoms with Crippen LogP contribution in [0.3, 0.4) is 0 Å². The second kappa shape index (κ2) is 6.21. The summed E-state index contributed by atoms with van der Waals surface area (Å²) in [5.74, 6) is 1.49. The third-order valence-corrected chi connectivity index (χ3v) is 4.16. The molecular weight excluding hydrogens is 326 g/mol. The summed E-state index contributed by atoms with van der Waals surface area (Å²) in [4.78, 5) is 14.7. The van der Waals surface area contributed by atoms with Crippen LogP contribution in [-0.2, 0) is 11.3 Å². The molecule has 2 heterocycles. The molecule has 100 valence electrons. The van der Waals surface area contributed by atoms with Gasteiger partial charge in [0.15, 0.2) is 0 Å². The Labute approximate surface area is 124 Å². The van der Waals surface area contributed by atoms with E-state index in [1.54, 1.807) is 29.4 Å². The van der Waals surface area contributed by atoms with Gasteiger partial charge in [0.1, 0.15) is 11.5 Å². The third kappa shape index (κ3) is 4.08. The molecule has 0 N–H and O–H groups in total. The summed E-state index contributed by atoms with van der Waals surface area (Å²) in [7, 11) is 1.79. The molecule has 0 fully saturated rings. The number of carbonyl (C=O) groups excluding carboxylic acids is 1. The predicted octanol–water partition coefficient (Wildman–Crippen LogP) is 4.08. The van der Waals surface area contributed by atoms with Crippen molar-refractivity contribution in [1.82, 2.24) is 4.90 Å². The van der Waals surface area contributed by atoms with Crippen molar-refractivity contribution in [3.63, 3.8) is 0 Å². The number of carbonyl (C=O) groups is 1. The van der Waals surface area contributed by atoms with Crippen molar-refractivity contribution < 1.29 is 9.21 Å². The number of nitrogens with zero attached hydrogens (tertiary/aromatic N) is 1. The summed E-state index contributed by atoms with van der Waals surface area (Å²) in [6, 6.07) is 7.71. The Bertz CT molecular complexity index is 600. The molecule has 2 rings (SSSR count). The Morgan fingerprint density at radius 1 is 1.42 bits per heavy atom. The molecule has 5 heteroatoms. The largest absolute Gasteiger partial charge is 0.462 e. The van der Waals surface area contributed by atoms with Crippen molar-refractivity contribution in [1.29, 1.82) is 0 Å². The van der Waals surface area contributed by atoms with Crippen LogP contribution in [0.1, 0.15) is 16.4 Å². The van der Waals surface area contributed by atoms with Crippen LogP contribution in [0.25, 0.3) is 6.08 Å². The fraction of sp³-hybridized carbons (Fsp3) is 0.214. The van der Waals surface area contributed by atoms with Crippen LogP contribution in [0, 0.1) is 6.92 Å². The number of hydrogen-bond donors (Lipinski definition) is 0. The minimum atomic E-state index is -0.0430. The lowest BCUT2D eigenvalue weighted by Gasteiger charge is -2.13. The molecule has 3 nitrogen and oxygen atoms in total. The minimum Gasteiger partial charge on any atom is -0.462 e. The SMILES string of the molecule is Cc1ccc(/C=C/C(=O)N(C)Cc2ccc(Br)s2)o1. The molecule has 0 saturated carbocycles. The molecule has 19 heavy (non-hydrogen) atoms. The Kier molecular flexibility index (Phi) is 4.61. The quantitative estimate of drug-likeness (QED) is 0.786. The minimum absolute atomic E-state index is 0.0430. The van der Waals surface area contributed by atoms with E-state index in [4.69, 9.17) is 4.42 Å². The molecule has 0 atom stereocenters. The molecular formula is C14H14BrNO2S. The van der Waals surface area contributed by atoms with Gasteiger partial charge in [0, 0.05) is 18.0 Å². The number of aryl methyl sites for hydroxylation is 1. The number of hydrogen-bond acceptors (Lipinski definition) is 3. The highest BCUT2D eigenvalue weighted by molar-refractivity contribution is 9.11. The third-order valence-electron chi connectivity index (χ3n) is 2.55. The Hall–Kier alpha value is -1.33. The van der Waals surface area contributed by atoms with Gasteiger partial charge in [-0.1, -0.05) is 0 Å². The average Bonchev–Trinajstić information content (AvgIpc) is 2.95. The first-order valence-corrected chi connectivity index (χ1v) is 7.39. The molecule has 0 aliphatic heterocycles. The Morgan fingerprint density at radius 3 is 2.79 bits per heavy atom. The summed E-state index contributed by atoms with van der Waals surface area (Å²) in [5, 5.41) is 0. The first-order chi connectivity index (χ1) is 9.04. The highest BCUT2D eigenvalue weighted by Crippen LogP contribution is 2.23. The van der Waals surface area contributed by atoms with Crippen molar-refractivity contribution in [3.05, 3.63) is 50.5 Å². The van der Waals surface area contributed by atoms with Crippen LogP contribution in [0.15, 0.2) is 38.5 Å². The maximum Gasteiger partial charge on any atom is 0.246 e. The zero-order valence-corrected chi connectivity index (χ0v) is 13.1. The highest BCUT2D eigenvalue weighted by Gasteiger charge is 2.07. The normalized spacial score (nSPS) is 11.1. The van der Waals surface area contributed by atoms with E-state index in [0.717, 1.165) is 14.4 Å². The van der Waals surface area contributed by atoms with E-state index in [9.17, 15) is 4.79 Å². The lowest BCUT2D eigenvalue weighted by Crippen LogP contribution is -2.23. The van der Waals surface area contributed by atoms with Crippen LogP contribution in [0.5, 0.6) is 0 Å². The van der Waals surface area contributed by atoms with E-state index in [0.29, 0.717) is 12.3 Å². The summed E-state index contributed by atoms with van der Waals surface area (Å²) < 4.78 is 6.45. The highest BCUT2D eigenvalue weighted by atomic mass is 79.9. The fourth-order valence-corrected chi connectivity index (χ4v) is 3.11. The van der Waals surface area contributed by atoms with Gasteiger partial charge in [0.05, 0.1) is 10.3 Å². The first kappa shape index (κ1) is 14.1. The van der Waals surface area contributed by atoms with E-state index in [-0.39, 0.29) is 5.91 Å². The maximum absolute atomic E-state index is 11.9. The zero-order valence-electron chi connectivity index (χ0n) is 10.7. The van der Waals surface area contributed by atoms with Crippen molar-refractivity contribution in [2.45, 2.75) is 13.5 Å². The van der Waals surface area contributed by atoms with E-state index in [1.807, 2.05) is 31.2 Å². The number of thiophene rings is 1. The topological polar surface area (TPSA) is 33.5 Å². The van der Waals surface area contributed by atoms with Gasteiger partial charge < -0.3 is 9.32 Å².